The van der Waals surface area contributed by atoms with Gasteiger partial charge in [-0.25, -0.2) is 0 Å². The first-order valence-corrected chi connectivity index (χ1v) is 2.04. The lowest BCUT2D eigenvalue weighted by Gasteiger charge is -2.03. The van der Waals surface area contributed by atoms with Crippen molar-refractivity contribution in [3.05, 3.63) is 0 Å². The molecule has 0 atom stereocenters. The first kappa shape index (κ1) is 5.88. The predicted molar refractivity (Wildman–Crippen MR) is 25.4 cm³/mol. The third kappa shape index (κ3) is 3.88. The summed E-state index contributed by atoms with van der Waals surface area (Å²) in [6, 6.07) is 0. The van der Waals surface area contributed by atoms with Crippen LogP contribution < -0.4 is 11.7 Å². The lowest BCUT2D eigenvalue weighted by atomic mass is 10.5. The summed E-state index contributed by atoms with van der Waals surface area (Å²) < 4.78 is 0. The van der Waals surface area contributed by atoms with Gasteiger partial charge in [-0.2, -0.15) is 5.12 Å². The number of nitrogens with two attached hydrogens (primary N) is 2. The Kier molecular flexibility index (Phi) is 3.02. The van der Waals surface area contributed by atoms with Gasteiger partial charge in [0, 0.05) is 6.54 Å². The number of rotatable bonds is 2. The highest BCUT2D eigenvalue weighted by Crippen LogP contribution is 1.69. The molecule has 0 radical (unpaired) electrons. The molecule has 0 aromatic heterocycles. The SMILES string of the molecule is CCCN(N)N. The van der Waals surface area contributed by atoms with Crippen LogP contribution >= 0.6 is 0 Å². The Bertz CT molecular complexity index is 27.2. The van der Waals surface area contributed by atoms with Gasteiger partial charge in [0.05, 0.1) is 0 Å². The molecule has 0 rings (SSSR count). The second kappa shape index (κ2) is 3.08. The minimum atomic E-state index is 0.764. The fraction of sp³-hybridized carbons (Fsp3) is 1.00. The van der Waals surface area contributed by atoms with Gasteiger partial charge in [-0.05, 0) is 6.42 Å². The van der Waals surface area contributed by atoms with E-state index in [0.29, 0.717) is 0 Å². The van der Waals surface area contributed by atoms with E-state index < -0.39 is 0 Å². The van der Waals surface area contributed by atoms with Crippen LogP contribution in [0.5, 0.6) is 0 Å². The van der Waals surface area contributed by atoms with E-state index in [1.807, 2.05) is 6.92 Å². The van der Waals surface area contributed by atoms with Gasteiger partial charge >= 0.3 is 0 Å². The van der Waals surface area contributed by atoms with Gasteiger partial charge in [0.1, 0.15) is 0 Å². The van der Waals surface area contributed by atoms with Crippen LogP contribution in [0.4, 0.5) is 0 Å². The van der Waals surface area contributed by atoms with Crippen molar-refractivity contribution in [2.24, 2.45) is 11.7 Å². The quantitative estimate of drug-likeness (QED) is 0.352. The minimum absolute atomic E-state index is 0.764. The summed E-state index contributed by atoms with van der Waals surface area (Å²) >= 11 is 0. The monoisotopic (exact) mass is 89.1 g/mol. The number of hydrogen-bond donors (Lipinski definition) is 2. The second-order valence-electron chi connectivity index (χ2n) is 1.24. The van der Waals surface area contributed by atoms with Crippen molar-refractivity contribution in [1.29, 1.82) is 0 Å². The van der Waals surface area contributed by atoms with Crippen molar-refractivity contribution in [3.63, 3.8) is 0 Å². The molecule has 0 spiro atoms. The van der Waals surface area contributed by atoms with Crippen LogP contribution in [0.15, 0.2) is 0 Å². The van der Waals surface area contributed by atoms with Crippen LogP contribution in [0.3, 0.4) is 0 Å². The van der Waals surface area contributed by atoms with E-state index in [-0.39, 0.29) is 0 Å². The fourth-order valence-corrected chi connectivity index (χ4v) is 0.258. The average Bonchev–Trinajstić information content (AvgIpc) is 1.35. The van der Waals surface area contributed by atoms with Gasteiger partial charge in [0.2, 0.25) is 0 Å². The fourth-order valence-electron chi connectivity index (χ4n) is 0.258. The van der Waals surface area contributed by atoms with Gasteiger partial charge in [0.15, 0.2) is 0 Å². The highest BCUT2D eigenvalue weighted by molar-refractivity contribution is 4.28. The van der Waals surface area contributed by atoms with Crippen LogP contribution in [0.1, 0.15) is 13.3 Å². The second-order valence-corrected chi connectivity index (χ2v) is 1.24. The average molecular weight is 89.1 g/mol. The molecule has 0 amide bonds. The van der Waals surface area contributed by atoms with Crippen molar-refractivity contribution in [3.8, 4) is 0 Å². The van der Waals surface area contributed by atoms with Crippen LogP contribution in [-0.4, -0.2) is 11.7 Å². The van der Waals surface area contributed by atoms with Gasteiger partial charge in [-0.15, -0.1) is 0 Å². The maximum Gasteiger partial charge on any atom is 0.0280 e. The summed E-state index contributed by atoms with van der Waals surface area (Å²) in [5.41, 5.74) is 0. The van der Waals surface area contributed by atoms with E-state index in [2.05, 4.69) is 0 Å². The van der Waals surface area contributed by atoms with Gasteiger partial charge < -0.3 is 0 Å². The topological polar surface area (TPSA) is 55.3 Å². The zero-order valence-corrected chi connectivity index (χ0v) is 4.02. The first-order chi connectivity index (χ1) is 2.77. The van der Waals surface area contributed by atoms with Crippen LogP contribution in [0, 0.1) is 0 Å². The smallest absolute Gasteiger partial charge is 0.0280 e. The molecule has 0 fully saturated rings. The molecule has 0 aromatic rings. The molecule has 0 aliphatic heterocycles. The Morgan fingerprint density at radius 3 is 2.00 bits per heavy atom. The van der Waals surface area contributed by atoms with Crippen molar-refractivity contribution in [2.75, 3.05) is 6.54 Å². The van der Waals surface area contributed by atoms with E-state index in [1.54, 1.807) is 0 Å². The molecule has 4 N–H and O–H groups in total. The summed E-state index contributed by atoms with van der Waals surface area (Å²) in [6.07, 6.45) is 1.01. The Morgan fingerprint density at radius 1 is 1.50 bits per heavy atom. The Morgan fingerprint density at radius 2 is 2.00 bits per heavy atom. The summed E-state index contributed by atoms with van der Waals surface area (Å²) in [5, 5.41) is 1.18. The molecule has 0 aromatic carbocycles. The molecule has 0 aliphatic carbocycles. The maximum atomic E-state index is 5.01. The molecular formula is C3H11N3. The Balaban J connectivity index is 2.63. The van der Waals surface area contributed by atoms with E-state index in [1.165, 1.54) is 5.12 Å². The van der Waals surface area contributed by atoms with Crippen molar-refractivity contribution >= 4 is 0 Å². The third-order valence-corrected chi connectivity index (χ3v) is 0.482. The standard InChI is InChI=1S/C3H11N3/c1-2-3-6(4)5/h2-5H2,1H3. The molecule has 0 bridgehead atoms. The zero-order valence-electron chi connectivity index (χ0n) is 4.02. The molecule has 0 unspecified atom stereocenters. The third-order valence-electron chi connectivity index (χ3n) is 0.482. The molecule has 3 heteroatoms. The normalized spacial score (nSPS) is 10.0. The number of nitrogens with zero attached hydrogens (tertiary/aromatic N) is 1. The molecule has 38 valence electrons. The van der Waals surface area contributed by atoms with E-state index in [4.69, 9.17) is 11.7 Å². The lowest BCUT2D eigenvalue weighted by Crippen LogP contribution is -2.38. The summed E-state index contributed by atoms with van der Waals surface area (Å²) in [6.45, 7) is 2.78. The van der Waals surface area contributed by atoms with Crippen LogP contribution in [0.2, 0.25) is 0 Å². The molecule has 0 heterocycles. The number of hydrogen-bond acceptors (Lipinski definition) is 3. The Hall–Kier alpha value is -0.120. The van der Waals surface area contributed by atoms with Gasteiger partial charge in [0.25, 0.3) is 0 Å². The molecule has 6 heavy (non-hydrogen) atoms. The molecule has 3 nitrogen and oxygen atoms in total. The predicted octanol–water partition coefficient (Wildman–Crippen LogP) is -0.554. The Labute approximate surface area is 37.8 Å². The van der Waals surface area contributed by atoms with Crippen LogP contribution in [0.25, 0.3) is 0 Å². The molecular weight excluding hydrogens is 78.1 g/mol. The lowest BCUT2D eigenvalue weighted by molar-refractivity contribution is 0.295. The van der Waals surface area contributed by atoms with Gasteiger partial charge in [-0.1, -0.05) is 6.92 Å². The van der Waals surface area contributed by atoms with Crippen molar-refractivity contribution in [2.45, 2.75) is 13.3 Å². The van der Waals surface area contributed by atoms with E-state index >= 15 is 0 Å². The molecule has 0 saturated carbocycles. The molecule has 0 saturated heterocycles. The zero-order chi connectivity index (χ0) is 4.99. The largest absolute Gasteiger partial charge is 0.255 e. The summed E-state index contributed by atoms with van der Waals surface area (Å²) in [4.78, 5) is 0. The van der Waals surface area contributed by atoms with Gasteiger partial charge in [-0.3, -0.25) is 11.7 Å². The molecule has 0 aliphatic rings. The van der Waals surface area contributed by atoms with E-state index in [9.17, 15) is 0 Å². The van der Waals surface area contributed by atoms with Crippen molar-refractivity contribution < 1.29 is 0 Å². The highest BCUT2D eigenvalue weighted by Gasteiger charge is 1.80. The maximum absolute atomic E-state index is 5.01. The minimum Gasteiger partial charge on any atom is -0.255 e. The number of hydrazine groups is 2. The highest BCUT2D eigenvalue weighted by atomic mass is 15.6. The van der Waals surface area contributed by atoms with Crippen LogP contribution in [-0.2, 0) is 0 Å². The van der Waals surface area contributed by atoms with Crippen molar-refractivity contribution in [1.82, 2.24) is 5.12 Å². The first-order valence-electron chi connectivity index (χ1n) is 2.04. The summed E-state index contributed by atoms with van der Waals surface area (Å²) in [5.74, 6) is 10.0. The summed E-state index contributed by atoms with van der Waals surface area (Å²) in [7, 11) is 0. The van der Waals surface area contributed by atoms with E-state index in [0.717, 1.165) is 13.0 Å².